The third kappa shape index (κ3) is 2.33. The van der Waals surface area contributed by atoms with Crippen molar-refractivity contribution in [2.75, 3.05) is 5.73 Å². The van der Waals surface area contributed by atoms with Crippen LogP contribution >= 0.6 is 11.6 Å². The Kier molecular flexibility index (Phi) is 2.70. The molecule has 1 heterocycles. The molecule has 0 spiro atoms. The molecule has 2 N–H and O–H groups in total. The Labute approximate surface area is 98.8 Å². The van der Waals surface area contributed by atoms with E-state index in [0.717, 1.165) is 16.9 Å². The summed E-state index contributed by atoms with van der Waals surface area (Å²) in [7, 11) is 0. The standard InChI is InChI=1S/C9H6ClF3N4/c10-6-3-5(9(11,12)13)1-2-7(6)17-15-4-8(14)16-17/h1-4H,(H2,14,16). The molecule has 0 bridgehead atoms. The van der Waals surface area contributed by atoms with Crippen LogP contribution in [0.25, 0.3) is 5.69 Å². The van der Waals surface area contributed by atoms with Crippen molar-refractivity contribution >= 4 is 17.4 Å². The molecule has 1 aromatic heterocycles. The Morgan fingerprint density at radius 1 is 1.29 bits per heavy atom. The Bertz CT molecular complexity index is 549. The first kappa shape index (κ1) is 11.7. The molecule has 4 nitrogen and oxygen atoms in total. The van der Waals surface area contributed by atoms with Crippen LogP contribution in [0.15, 0.2) is 24.4 Å². The summed E-state index contributed by atoms with van der Waals surface area (Å²) >= 11 is 5.74. The maximum absolute atomic E-state index is 12.4. The smallest absolute Gasteiger partial charge is 0.381 e. The zero-order valence-corrected chi connectivity index (χ0v) is 9.00. The fourth-order valence-corrected chi connectivity index (χ4v) is 1.49. The molecule has 0 atom stereocenters. The second kappa shape index (κ2) is 3.92. The second-order valence-corrected chi connectivity index (χ2v) is 3.63. The van der Waals surface area contributed by atoms with Crippen LogP contribution in [0.4, 0.5) is 19.0 Å². The van der Waals surface area contributed by atoms with Gasteiger partial charge in [0.2, 0.25) is 0 Å². The van der Waals surface area contributed by atoms with Crippen LogP contribution in [0.2, 0.25) is 5.02 Å². The summed E-state index contributed by atoms with van der Waals surface area (Å²) in [5.74, 6) is 0.154. The highest BCUT2D eigenvalue weighted by Gasteiger charge is 2.31. The van der Waals surface area contributed by atoms with E-state index in [0.29, 0.717) is 0 Å². The zero-order chi connectivity index (χ0) is 12.6. The molecule has 0 aliphatic heterocycles. The van der Waals surface area contributed by atoms with E-state index < -0.39 is 11.7 Å². The van der Waals surface area contributed by atoms with E-state index in [1.165, 1.54) is 12.3 Å². The first-order valence-electron chi connectivity index (χ1n) is 4.43. The van der Waals surface area contributed by atoms with Crippen molar-refractivity contribution in [3.63, 3.8) is 0 Å². The van der Waals surface area contributed by atoms with Crippen molar-refractivity contribution < 1.29 is 13.2 Å². The fourth-order valence-electron chi connectivity index (χ4n) is 1.24. The number of halogens is 4. The summed E-state index contributed by atoms with van der Waals surface area (Å²) in [5, 5.41) is 7.40. The number of hydrogen-bond donors (Lipinski definition) is 1. The highest BCUT2D eigenvalue weighted by molar-refractivity contribution is 6.32. The van der Waals surface area contributed by atoms with Gasteiger partial charge in [0.1, 0.15) is 5.69 Å². The molecule has 0 amide bonds. The van der Waals surface area contributed by atoms with Gasteiger partial charge in [-0.25, -0.2) is 0 Å². The lowest BCUT2D eigenvalue weighted by atomic mass is 10.2. The maximum Gasteiger partial charge on any atom is 0.416 e. The lowest BCUT2D eigenvalue weighted by molar-refractivity contribution is -0.137. The van der Waals surface area contributed by atoms with Crippen LogP contribution in [0.3, 0.4) is 0 Å². The molecule has 17 heavy (non-hydrogen) atoms. The normalized spacial score (nSPS) is 11.8. The number of hydrogen-bond acceptors (Lipinski definition) is 3. The van der Waals surface area contributed by atoms with Crippen LogP contribution in [-0.4, -0.2) is 15.0 Å². The summed E-state index contributed by atoms with van der Waals surface area (Å²) in [4.78, 5) is 1.07. The number of nitrogens with two attached hydrogens (primary N) is 1. The van der Waals surface area contributed by atoms with Crippen molar-refractivity contribution in [1.29, 1.82) is 0 Å². The van der Waals surface area contributed by atoms with Crippen molar-refractivity contribution in [3.8, 4) is 5.69 Å². The minimum Gasteiger partial charge on any atom is -0.381 e. The van der Waals surface area contributed by atoms with Gasteiger partial charge in [0.05, 0.1) is 16.8 Å². The van der Waals surface area contributed by atoms with E-state index in [1.807, 2.05) is 0 Å². The molecule has 0 saturated carbocycles. The monoisotopic (exact) mass is 262 g/mol. The van der Waals surface area contributed by atoms with Crippen LogP contribution in [0.1, 0.15) is 5.56 Å². The summed E-state index contributed by atoms with van der Waals surface area (Å²) in [6, 6.07) is 2.90. The third-order valence-electron chi connectivity index (χ3n) is 2.00. The number of benzene rings is 1. The Hall–Kier alpha value is -1.76. The summed E-state index contributed by atoms with van der Waals surface area (Å²) < 4.78 is 37.2. The largest absolute Gasteiger partial charge is 0.416 e. The van der Waals surface area contributed by atoms with E-state index in [9.17, 15) is 13.2 Å². The van der Waals surface area contributed by atoms with Crippen molar-refractivity contribution in [1.82, 2.24) is 15.0 Å². The average molecular weight is 263 g/mol. The van der Waals surface area contributed by atoms with Gasteiger partial charge in [0, 0.05) is 0 Å². The van der Waals surface area contributed by atoms with Gasteiger partial charge < -0.3 is 5.73 Å². The van der Waals surface area contributed by atoms with Crippen molar-refractivity contribution in [2.24, 2.45) is 0 Å². The number of aromatic nitrogens is 3. The number of anilines is 1. The Morgan fingerprint density at radius 2 is 2.00 bits per heavy atom. The van der Waals surface area contributed by atoms with Gasteiger partial charge in [-0.05, 0) is 18.2 Å². The molecule has 0 aliphatic rings. The molecular formula is C9H6ClF3N4. The third-order valence-corrected chi connectivity index (χ3v) is 2.30. The van der Waals surface area contributed by atoms with Crippen LogP contribution in [0.5, 0.6) is 0 Å². The van der Waals surface area contributed by atoms with E-state index in [4.69, 9.17) is 17.3 Å². The van der Waals surface area contributed by atoms with Gasteiger partial charge in [-0.2, -0.15) is 18.3 Å². The lowest BCUT2D eigenvalue weighted by Gasteiger charge is -2.08. The molecular weight excluding hydrogens is 257 g/mol. The molecule has 90 valence electrons. The minimum atomic E-state index is -4.43. The molecule has 0 unspecified atom stereocenters. The summed E-state index contributed by atoms with van der Waals surface area (Å²) in [6.07, 6.45) is -3.16. The average Bonchev–Trinajstić information content (AvgIpc) is 2.63. The predicted molar refractivity (Wildman–Crippen MR) is 55.8 cm³/mol. The first-order chi connectivity index (χ1) is 7.88. The predicted octanol–water partition coefficient (Wildman–Crippen LogP) is 2.52. The fraction of sp³-hybridized carbons (Fsp3) is 0.111. The second-order valence-electron chi connectivity index (χ2n) is 3.22. The van der Waals surface area contributed by atoms with Crippen molar-refractivity contribution in [2.45, 2.75) is 6.18 Å². The zero-order valence-electron chi connectivity index (χ0n) is 8.24. The van der Waals surface area contributed by atoms with Gasteiger partial charge in [-0.1, -0.05) is 11.6 Å². The quantitative estimate of drug-likeness (QED) is 0.859. The van der Waals surface area contributed by atoms with Gasteiger partial charge >= 0.3 is 6.18 Å². The van der Waals surface area contributed by atoms with Crippen LogP contribution < -0.4 is 5.73 Å². The van der Waals surface area contributed by atoms with Gasteiger partial charge in [0.25, 0.3) is 0 Å². The molecule has 0 aliphatic carbocycles. The van der Waals surface area contributed by atoms with E-state index in [2.05, 4.69) is 10.2 Å². The van der Waals surface area contributed by atoms with E-state index >= 15 is 0 Å². The number of alkyl halides is 3. The van der Waals surface area contributed by atoms with Gasteiger partial charge in [0.15, 0.2) is 5.82 Å². The van der Waals surface area contributed by atoms with Crippen molar-refractivity contribution in [3.05, 3.63) is 35.0 Å². The highest BCUT2D eigenvalue weighted by atomic mass is 35.5. The highest BCUT2D eigenvalue weighted by Crippen LogP contribution is 2.32. The van der Waals surface area contributed by atoms with Gasteiger partial charge in [-0.3, -0.25) is 0 Å². The number of rotatable bonds is 1. The first-order valence-corrected chi connectivity index (χ1v) is 4.80. The molecule has 8 heteroatoms. The Morgan fingerprint density at radius 3 is 2.47 bits per heavy atom. The van der Waals surface area contributed by atoms with Crippen LogP contribution in [0, 0.1) is 0 Å². The topological polar surface area (TPSA) is 56.7 Å². The SMILES string of the molecule is Nc1cnn(-c2ccc(C(F)(F)F)cc2Cl)n1. The molecule has 0 saturated heterocycles. The van der Waals surface area contributed by atoms with Crippen LogP contribution in [-0.2, 0) is 6.18 Å². The number of nitrogen functional groups attached to an aromatic ring is 1. The minimum absolute atomic E-state index is 0.101. The van der Waals surface area contributed by atoms with E-state index in [1.54, 1.807) is 0 Å². The lowest BCUT2D eigenvalue weighted by Crippen LogP contribution is -2.06. The number of nitrogens with zero attached hydrogens (tertiary/aromatic N) is 3. The molecule has 0 fully saturated rings. The molecule has 1 aromatic carbocycles. The summed E-state index contributed by atoms with van der Waals surface area (Å²) in [5.41, 5.74) is 4.75. The molecule has 0 radical (unpaired) electrons. The maximum atomic E-state index is 12.4. The molecule has 2 rings (SSSR count). The molecule has 2 aromatic rings. The summed E-state index contributed by atoms with van der Waals surface area (Å²) in [6.45, 7) is 0. The van der Waals surface area contributed by atoms with Gasteiger partial charge in [-0.15, -0.1) is 9.90 Å². The van der Waals surface area contributed by atoms with E-state index in [-0.39, 0.29) is 16.5 Å². The Balaban J connectivity index is 2.45.